The minimum absolute atomic E-state index is 0.228. The summed E-state index contributed by atoms with van der Waals surface area (Å²) in [7, 11) is 0. The van der Waals surface area contributed by atoms with Gasteiger partial charge in [-0.25, -0.2) is 0 Å². The van der Waals surface area contributed by atoms with Crippen LogP contribution < -0.4 is 0 Å². The maximum absolute atomic E-state index is 12.1. The van der Waals surface area contributed by atoms with Crippen molar-refractivity contribution in [2.45, 2.75) is 38.8 Å². The van der Waals surface area contributed by atoms with Crippen LogP contribution in [0.25, 0.3) is 0 Å². The van der Waals surface area contributed by atoms with Crippen molar-refractivity contribution < 1.29 is 9.53 Å². The fourth-order valence-electron chi connectivity index (χ4n) is 2.51. The molecule has 2 atom stereocenters. The third-order valence-electron chi connectivity index (χ3n) is 3.75. The van der Waals surface area contributed by atoms with E-state index in [0.717, 1.165) is 36.2 Å². The monoisotopic (exact) mass is 339 g/mol. The van der Waals surface area contributed by atoms with E-state index in [1.54, 1.807) is 0 Å². The van der Waals surface area contributed by atoms with Gasteiger partial charge in [0.25, 0.3) is 0 Å². The number of Topliss-reactive ketones (excluding diaryl/α,β-unsaturated/α-hetero) is 1. The van der Waals surface area contributed by atoms with Crippen molar-refractivity contribution in [1.29, 1.82) is 0 Å². The number of halogens is 1. The predicted octanol–water partition coefficient (Wildman–Crippen LogP) is 3.52. The molecule has 110 valence electrons. The largest absolute Gasteiger partial charge is 0.376 e. The predicted molar refractivity (Wildman–Crippen MR) is 84.2 cm³/mol. The van der Waals surface area contributed by atoms with Crippen LogP contribution in [0.1, 0.15) is 37.0 Å². The molecule has 3 nitrogen and oxygen atoms in total. The molecular weight excluding hydrogens is 318 g/mol. The number of carbonyl (C=O) groups excluding carboxylic acids is 1. The number of carbonyl (C=O) groups is 1. The van der Waals surface area contributed by atoms with Crippen LogP contribution in [0.5, 0.6) is 0 Å². The van der Waals surface area contributed by atoms with Crippen LogP contribution in [-0.2, 0) is 4.74 Å². The second-order valence-electron chi connectivity index (χ2n) is 5.52. The summed E-state index contributed by atoms with van der Waals surface area (Å²) in [5.74, 6) is 0.228. The quantitative estimate of drug-likeness (QED) is 0.768. The molecule has 4 heteroatoms. The summed E-state index contributed by atoms with van der Waals surface area (Å²) in [5.41, 5.74) is 0.802. The molecule has 20 heavy (non-hydrogen) atoms. The Morgan fingerprint density at radius 2 is 2.05 bits per heavy atom. The topological polar surface area (TPSA) is 29.5 Å². The van der Waals surface area contributed by atoms with E-state index in [4.69, 9.17) is 4.74 Å². The van der Waals surface area contributed by atoms with E-state index in [1.165, 1.54) is 0 Å². The maximum atomic E-state index is 12.1. The van der Waals surface area contributed by atoms with Gasteiger partial charge >= 0.3 is 0 Å². The Bertz CT molecular complexity index is 446. The van der Waals surface area contributed by atoms with Crippen molar-refractivity contribution >= 4 is 21.7 Å². The van der Waals surface area contributed by atoms with Crippen molar-refractivity contribution in [3.63, 3.8) is 0 Å². The number of rotatable bonds is 5. The third kappa shape index (κ3) is 4.40. The van der Waals surface area contributed by atoms with Crippen molar-refractivity contribution in [1.82, 2.24) is 4.90 Å². The molecule has 1 aromatic rings. The van der Waals surface area contributed by atoms with E-state index >= 15 is 0 Å². The van der Waals surface area contributed by atoms with E-state index in [1.807, 2.05) is 24.3 Å². The number of ether oxygens (including phenoxy) is 1. The van der Waals surface area contributed by atoms with Gasteiger partial charge in [0.05, 0.1) is 12.7 Å². The zero-order chi connectivity index (χ0) is 14.5. The number of benzene rings is 1. The Kier molecular flexibility index (Phi) is 5.75. The van der Waals surface area contributed by atoms with Crippen LogP contribution in [0, 0.1) is 0 Å². The number of morpholine rings is 1. The van der Waals surface area contributed by atoms with Gasteiger partial charge < -0.3 is 4.74 Å². The Labute approximate surface area is 129 Å². The lowest BCUT2D eigenvalue weighted by Gasteiger charge is -2.36. The summed E-state index contributed by atoms with van der Waals surface area (Å²) in [6.07, 6.45) is 1.82. The van der Waals surface area contributed by atoms with E-state index < -0.39 is 0 Å². The van der Waals surface area contributed by atoms with E-state index in [9.17, 15) is 4.79 Å². The van der Waals surface area contributed by atoms with Gasteiger partial charge in [0, 0.05) is 29.0 Å². The fraction of sp³-hybridized carbons (Fsp3) is 0.562. The first kappa shape index (κ1) is 15.7. The van der Waals surface area contributed by atoms with Crippen molar-refractivity contribution in [3.05, 3.63) is 34.3 Å². The van der Waals surface area contributed by atoms with Crippen LogP contribution >= 0.6 is 15.9 Å². The second-order valence-corrected chi connectivity index (χ2v) is 6.44. The smallest absolute Gasteiger partial charge is 0.162 e. The van der Waals surface area contributed by atoms with E-state index in [-0.39, 0.29) is 5.78 Å². The first-order valence-electron chi connectivity index (χ1n) is 7.20. The van der Waals surface area contributed by atoms with Crippen LogP contribution in [0.15, 0.2) is 28.7 Å². The van der Waals surface area contributed by atoms with Crippen LogP contribution in [0.4, 0.5) is 0 Å². The highest BCUT2D eigenvalue weighted by Crippen LogP contribution is 2.15. The molecule has 1 aliphatic heterocycles. The number of hydrogen-bond donors (Lipinski definition) is 0. The normalized spacial score (nSPS) is 23.8. The average molecular weight is 340 g/mol. The lowest BCUT2D eigenvalue weighted by molar-refractivity contribution is -0.0494. The minimum Gasteiger partial charge on any atom is -0.376 e. The van der Waals surface area contributed by atoms with E-state index in [2.05, 4.69) is 34.7 Å². The SMILES string of the molecule is CC1CN(CCCC(=O)c2ccc(Br)cc2)C(C)CO1. The van der Waals surface area contributed by atoms with Gasteiger partial charge in [0.1, 0.15) is 0 Å². The van der Waals surface area contributed by atoms with Crippen molar-refractivity contribution in [3.8, 4) is 0 Å². The zero-order valence-corrected chi connectivity index (χ0v) is 13.7. The third-order valence-corrected chi connectivity index (χ3v) is 4.28. The molecule has 1 aliphatic rings. The molecule has 1 heterocycles. The van der Waals surface area contributed by atoms with Crippen LogP contribution in [0.3, 0.4) is 0 Å². The van der Waals surface area contributed by atoms with Gasteiger partial charge in [-0.05, 0) is 38.9 Å². The summed E-state index contributed by atoms with van der Waals surface area (Å²) in [6, 6.07) is 8.05. The van der Waals surface area contributed by atoms with Gasteiger partial charge in [0.2, 0.25) is 0 Å². The minimum atomic E-state index is 0.228. The first-order chi connectivity index (χ1) is 9.56. The Balaban J connectivity index is 1.77. The van der Waals surface area contributed by atoms with Crippen molar-refractivity contribution in [2.75, 3.05) is 19.7 Å². The molecule has 2 rings (SSSR count). The van der Waals surface area contributed by atoms with Gasteiger partial charge in [-0.15, -0.1) is 0 Å². The molecule has 0 bridgehead atoms. The maximum Gasteiger partial charge on any atom is 0.162 e. The van der Waals surface area contributed by atoms with E-state index in [0.29, 0.717) is 18.6 Å². The van der Waals surface area contributed by atoms with Gasteiger partial charge in [0.15, 0.2) is 5.78 Å². The number of nitrogens with zero attached hydrogens (tertiary/aromatic N) is 1. The molecule has 0 spiro atoms. The summed E-state index contributed by atoms with van der Waals surface area (Å²) >= 11 is 3.38. The van der Waals surface area contributed by atoms with Crippen LogP contribution in [-0.4, -0.2) is 42.5 Å². The lowest BCUT2D eigenvalue weighted by atomic mass is 10.1. The van der Waals surface area contributed by atoms with Gasteiger partial charge in [-0.1, -0.05) is 28.1 Å². The first-order valence-corrected chi connectivity index (χ1v) is 8.00. The molecule has 0 N–H and O–H groups in total. The molecule has 1 aromatic carbocycles. The highest BCUT2D eigenvalue weighted by molar-refractivity contribution is 9.10. The molecule has 1 fully saturated rings. The highest BCUT2D eigenvalue weighted by Gasteiger charge is 2.22. The summed E-state index contributed by atoms with van der Waals surface area (Å²) in [5, 5.41) is 0. The highest BCUT2D eigenvalue weighted by atomic mass is 79.9. The number of ketones is 1. The molecule has 0 amide bonds. The second kappa shape index (κ2) is 7.34. The van der Waals surface area contributed by atoms with Gasteiger partial charge in [-0.2, -0.15) is 0 Å². The average Bonchev–Trinajstić information content (AvgIpc) is 2.43. The summed E-state index contributed by atoms with van der Waals surface area (Å²) < 4.78 is 6.62. The molecule has 0 radical (unpaired) electrons. The van der Waals surface area contributed by atoms with Gasteiger partial charge in [-0.3, -0.25) is 9.69 Å². The molecule has 1 saturated heterocycles. The molecular formula is C16H22BrNO2. The van der Waals surface area contributed by atoms with Crippen molar-refractivity contribution in [2.24, 2.45) is 0 Å². The Morgan fingerprint density at radius 1 is 1.35 bits per heavy atom. The molecule has 0 aliphatic carbocycles. The fourth-order valence-corrected chi connectivity index (χ4v) is 2.77. The Hall–Kier alpha value is -0.710. The lowest BCUT2D eigenvalue weighted by Crippen LogP contribution is -2.47. The molecule has 0 aromatic heterocycles. The zero-order valence-electron chi connectivity index (χ0n) is 12.1. The van der Waals surface area contributed by atoms with Crippen LogP contribution in [0.2, 0.25) is 0 Å². The number of hydrogen-bond acceptors (Lipinski definition) is 3. The molecule has 0 saturated carbocycles. The molecule has 2 unspecified atom stereocenters. The standard InChI is InChI=1S/C16H22BrNO2/c1-12-11-20-13(2)10-18(12)9-3-4-16(19)14-5-7-15(17)8-6-14/h5-8,12-13H,3-4,9-11H2,1-2H3. The summed E-state index contributed by atoms with van der Waals surface area (Å²) in [6.45, 7) is 7.01. The summed E-state index contributed by atoms with van der Waals surface area (Å²) in [4.78, 5) is 14.5. The Morgan fingerprint density at radius 3 is 2.75 bits per heavy atom.